The first-order valence-corrected chi connectivity index (χ1v) is 6.17. The summed E-state index contributed by atoms with van der Waals surface area (Å²) < 4.78 is 37.6. The molecule has 0 aliphatic heterocycles. The topological polar surface area (TPSA) is 0 Å². The van der Waals surface area contributed by atoms with Crippen LogP contribution in [0.4, 0.5) is 13.2 Å². The smallest absolute Gasteiger partial charge is 0.169 e. The Morgan fingerprint density at radius 1 is 0.941 bits per heavy atom. The number of hydrogen-bond donors (Lipinski definition) is 1. The zero-order valence-electron chi connectivity index (χ0n) is 8.61. The molecule has 0 bridgehead atoms. The van der Waals surface area contributed by atoms with Crippen molar-refractivity contribution in [2.45, 2.75) is 10.9 Å². The van der Waals surface area contributed by atoms with E-state index in [2.05, 4.69) is 12.6 Å². The molecule has 0 N–H and O–H groups in total. The van der Waals surface area contributed by atoms with Crippen LogP contribution in [0.5, 0.6) is 0 Å². The molecule has 0 spiro atoms. The first-order chi connectivity index (χ1) is 7.96. The van der Waals surface area contributed by atoms with Gasteiger partial charge in [0.15, 0.2) is 4.75 Å². The molecule has 0 aliphatic carbocycles. The van der Waals surface area contributed by atoms with Crippen LogP contribution in [0.2, 0.25) is 0 Å². The number of thiol groups is 1. The highest BCUT2D eigenvalue weighted by Gasteiger charge is 2.55. The minimum atomic E-state index is -4.44. The van der Waals surface area contributed by atoms with Crippen molar-refractivity contribution in [3.8, 4) is 0 Å². The average Bonchev–Trinajstić information content (AvgIpc) is 2.81. The number of benzene rings is 1. The summed E-state index contributed by atoms with van der Waals surface area (Å²) in [4.78, 5) is 0.180. The van der Waals surface area contributed by atoms with Crippen LogP contribution in [-0.4, -0.2) is 6.18 Å². The Labute approximate surface area is 107 Å². The van der Waals surface area contributed by atoms with Crippen molar-refractivity contribution in [3.63, 3.8) is 0 Å². The molecule has 0 amide bonds. The van der Waals surface area contributed by atoms with E-state index in [1.165, 1.54) is 18.2 Å². The summed E-state index contributed by atoms with van der Waals surface area (Å²) in [5.41, 5.74) is 0.137. The Morgan fingerprint density at radius 2 is 1.59 bits per heavy atom. The second kappa shape index (κ2) is 4.38. The summed E-state index contributed by atoms with van der Waals surface area (Å²) in [6, 6.07) is 10.8. The van der Waals surface area contributed by atoms with Gasteiger partial charge in [0, 0.05) is 4.88 Å². The van der Waals surface area contributed by atoms with Gasteiger partial charge < -0.3 is 0 Å². The van der Waals surface area contributed by atoms with Crippen molar-refractivity contribution in [3.05, 3.63) is 58.3 Å². The summed E-state index contributed by atoms with van der Waals surface area (Å²) >= 11 is 4.98. The molecule has 5 heteroatoms. The molecule has 90 valence electrons. The maximum atomic E-state index is 13.3. The molecule has 0 aliphatic rings. The number of thiophene rings is 1. The van der Waals surface area contributed by atoms with E-state index >= 15 is 0 Å². The predicted octanol–water partition coefficient (Wildman–Crippen LogP) is 4.48. The van der Waals surface area contributed by atoms with E-state index in [0.717, 1.165) is 11.3 Å². The summed E-state index contributed by atoms with van der Waals surface area (Å²) in [5, 5.41) is 1.62. The number of alkyl halides is 3. The molecule has 0 nitrogen and oxygen atoms in total. The third-order valence-electron chi connectivity index (χ3n) is 2.48. The Bertz CT molecular complexity index is 476. The fourth-order valence-electron chi connectivity index (χ4n) is 1.61. The second-order valence-electron chi connectivity index (χ2n) is 3.55. The number of halogens is 3. The van der Waals surface area contributed by atoms with Crippen LogP contribution in [0.1, 0.15) is 10.4 Å². The minimum Gasteiger partial charge on any atom is -0.169 e. The highest BCUT2D eigenvalue weighted by Crippen LogP contribution is 2.50. The summed E-state index contributed by atoms with van der Waals surface area (Å²) in [7, 11) is 0. The lowest BCUT2D eigenvalue weighted by Crippen LogP contribution is -2.37. The van der Waals surface area contributed by atoms with Gasteiger partial charge >= 0.3 is 6.18 Å². The normalized spacial score (nSPS) is 15.5. The van der Waals surface area contributed by atoms with Crippen LogP contribution in [-0.2, 0) is 4.75 Å². The molecule has 1 heterocycles. The Hall–Kier alpha value is -0.940. The zero-order chi connectivity index (χ0) is 12.5. The summed E-state index contributed by atoms with van der Waals surface area (Å²) in [6.45, 7) is 0. The molecular formula is C12H9F3S2. The van der Waals surface area contributed by atoms with Gasteiger partial charge in [0.25, 0.3) is 0 Å². The molecule has 1 aromatic carbocycles. The van der Waals surface area contributed by atoms with E-state index in [1.807, 2.05) is 0 Å². The fraction of sp³-hybridized carbons (Fsp3) is 0.167. The quantitative estimate of drug-likeness (QED) is 0.767. The van der Waals surface area contributed by atoms with E-state index in [-0.39, 0.29) is 10.4 Å². The molecule has 2 rings (SSSR count). The third kappa shape index (κ3) is 2.09. The first-order valence-electron chi connectivity index (χ1n) is 4.85. The van der Waals surface area contributed by atoms with Crippen molar-refractivity contribution in [1.29, 1.82) is 0 Å². The first kappa shape index (κ1) is 12.5. The Morgan fingerprint density at radius 3 is 2.06 bits per heavy atom. The number of rotatable bonds is 2. The molecule has 0 saturated heterocycles. The lowest BCUT2D eigenvalue weighted by atomic mass is 9.95. The van der Waals surface area contributed by atoms with E-state index < -0.39 is 10.9 Å². The van der Waals surface area contributed by atoms with Crippen LogP contribution >= 0.6 is 24.0 Å². The van der Waals surface area contributed by atoms with Gasteiger partial charge in [-0.15, -0.1) is 11.3 Å². The average molecular weight is 274 g/mol. The minimum absolute atomic E-state index is 0.137. The van der Waals surface area contributed by atoms with Gasteiger partial charge in [-0.05, 0) is 17.0 Å². The molecule has 0 radical (unpaired) electrons. The lowest BCUT2D eigenvalue weighted by Gasteiger charge is -2.30. The zero-order valence-corrected chi connectivity index (χ0v) is 10.3. The molecule has 1 unspecified atom stereocenters. The SMILES string of the molecule is FC(F)(F)C(S)(c1ccccc1)c1cccs1. The molecule has 1 aromatic heterocycles. The van der Waals surface area contributed by atoms with Gasteiger partial charge in [-0.1, -0.05) is 36.4 Å². The predicted molar refractivity (Wildman–Crippen MR) is 66.6 cm³/mol. The van der Waals surface area contributed by atoms with Gasteiger partial charge in [0.1, 0.15) is 0 Å². The van der Waals surface area contributed by atoms with Crippen molar-refractivity contribution < 1.29 is 13.2 Å². The monoisotopic (exact) mass is 274 g/mol. The summed E-state index contributed by atoms with van der Waals surface area (Å²) in [5.74, 6) is 0. The second-order valence-corrected chi connectivity index (χ2v) is 5.17. The molecular weight excluding hydrogens is 265 g/mol. The van der Waals surface area contributed by atoms with Crippen LogP contribution in [0.25, 0.3) is 0 Å². The van der Waals surface area contributed by atoms with Gasteiger partial charge in [-0.2, -0.15) is 25.8 Å². The van der Waals surface area contributed by atoms with Gasteiger partial charge in [0.05, 0.1) is 0 Å². The molecule has 0 fully saturated rings. The molecule has 0 saturated carbocycles. The highest BCUT2D eigenvalue weighted by atomic mass is 32.1. The maximum Gasteiger partial charge on any atom is 0.411 e. The van der Waals surface area contributed by atoms with Gasteiger partial charge in [-0.25, -0.2) is 0 Å². The van der Waals surface area contributed by atoms with Crippen LogP contribution in [0, 0.1) is 0 Å². The Kier molecular flexibility index (Phi) is 3.23. The third-order valence-corrected chi connectivity index (χ3v) is 4.37. The van der Waals surface area contributed by atoms with Gasteiger partial charge in [-0.3, -0.25) is 0 Å². The van der Waals surface area contributed by atoms with E-state index in [1.54, 1.807) is 29.6 Å². The van der Waals surface area contributed by atoms with E-state index in [4.69, 9.17) is 0 Å². The van der Waals surface area contributed by atoms with Crippen molar-refractivity contribution >= 4 is 24.0 Å². The van der Waals surface area contributed by atoms with Crippen molar-refractivity contribution in [2.75, 3.05) is 0 Å². The molecule has 17 heavy (non-hydrogen) atoms. The standard InChI is InChI=1S/C12H9F3S2/c13-12(14,15)11(16,10-7-4-8-17-10)9-5-2-1-3-6-9/h1-8,16H. The van der Waals surface area contributed by atoms with Crippen molar-refractivity contribution in [1.82, 2.24) is 0 Å². The fourth-order valence-corrected chi connectivity index (χ4v) is 2.86. The maximum absolute atomic E-state index is 13.3. The van der Waals surface area contributed by atoms with Crippen LogP contribution in [0.3, 0.4) is 0 Å². The molecule has 2 aromatic rings. The van der Waals surface area contributed by atoms with Crippen LogP contribution in [0.15, 0.2) is 47.8 Å². The van der Waals surface area contributed by atoms with Gasteiger partial charge in [0.2, 0.25) is 0 Å². The summed E-state index contributed by atoms with van der Waals surface area (Å²) in [6.07, 6.45) is -4.44. The van der Waals surface area contributed by atoms with Crippen molar-refractivity contribution in [2.24, 2.45) is 0 Å². The van der Waals surface area contributed by atoms with E-state index in [0.29, 0.717) is 0 Å². The van der Waals surface area contributed by atoms with E-state index in [9.17, 15) is 13.2 Å². The highest BCUT2D eigenvalue weighted by molar-refractivity contribution is 7.81. The number of hydrogen-bond acceptors (Lipinski definition) is 2. The Balaban J connectivity index is 2.61. The lowest BCUT2D eigenvalue weighted by molar-refractivity contribution is -0.150. The van der Waals surface area contributed by atoms with Crippen LogP contribution < -0.4 is 0 Å². The largest absolute Gasteiger partial charge is 0.411 e. The molecule has 1 atom stereocenters.